The van der Waals surface area contributed by atoms with Crippen LogP contribution in [0.1, 0.15) is 24.2 Å². The highest BCUT2D eigenvalue weighted by Gasteiger charge is 2.26. The number of hydrogen-bond acceptors (Lipinski definition) is 4. The van der Waals surface area contributed by atoms with E-state index < -0.39 is 4.92 Å². The lowest BCUT2D eigenvalue weighted by Crippen LogP contribution is -2.31. The summed E-state index contributed by atoms with van der Waals surface area (Å²) in [5, 5.41) is 13.8. The second kappa shape index (κ2) is 6.00. The number of anilines is 1. The van der Waals surface area contributed by atoms with E-state index in [1.54, 1.807) is 24.1 Å². The molecule has 0 saturated carbocycles. The second-order valence-electron chi connectivity index (χ2n) is 3.69. The maximum absolute atomic E-state index is 12.2. The molecule has 1 rings (SSSR count). The van der Waals surface area contributed by atoms with Gasteiger partial charge in [-0.2, -0.15) is 0 Å². The zero-order valence-corrected chi connectivity index (χ0v) is 10.8. The maximum atomic E-state index is 12.2. The number of nitro groups is 1. The summed E-state index contributed by atoms with van der Waals surface area (Å²) in [6.45, 7) is 4.73. The standard InChI is InChI=1S/C12H17N3O3/c1-4-14(5-2)12(16)9-7-6-8-10(13-3)11(9)15(17)18/h6-8,13H,4-5H2,1-3H3. The Labute approximate surface area is 106 Å². The molecule has 0 aliphatic heterocycles. The molecule has 0 radical (unpaired) electrons. The van der Waals surface area contributed by atoms with Crippen molar-refractivity contribution < 1.29 is 9.72 Å². The smallest absolute Gasteiger partial charge is 0.305 e. The summed E-state index contributed by atoms with van der Waals surface area (Å²) in [7, 11) is 1.59. The average Bonchev–Trinajstić information content (AvgIpc) is 2.38. The lowest BCUT2D eigenvalue weighted by molar-refractivity contribution is -0.384. The number of para-hydroxylation sites is 1. The predicted molar refractivity (Wildman–Crippen MR) is 69.9 cm³/mol. The maximum Gasteiger partial charge on any atom is 0.305 e. The molecule has 1 N–H and O–H groups in total. The van der Waals surface area contributed by atoms with Gasteiger partial charge in [-0.15, -0.1) is 0 Å². The van der Waals surface area contributed by atoms with Crippen molar-refractivity contribution in [2.75, 3.05) is 25.5 Å². The van der Waals surface area contributed by atoms with E-state index in [1.807, 2.05) is 13.8 Å². The Morgan fingerprint density at radius 3 is 2.44 bits per heavy atom. The van der Waals surface area contributed by atoms with Crippen molar-refractivity contribution in [3.63, 3.8) is 0 Å². The fraction of sp³-hybridized carbons (Fsp3) is 0.417. The van der Waals surface area contributed by atoms with Crippen LogP contribution in [0.4, 0.5) is 11.4 Å². The molecule has 0 saturated heterocycles. The summed E-state index contributed by atoms with van der Waals surface area (Å²) in [5.41, 5.74) is 0.297. The molecular formula is C12H17N3O3. The van der Waals surface area contributed by atoms with Crippen LogP contribution in [-0.2, 0) is 0 Å². The summed E-state index contributed by atoms with van der Waals surface area (Å²) < 4.78 is 0. The molecule has 6 nitrogen and oxygen atoms in total. The predicted octanol–water partition coefficient (Wildman–Crippen LogP) is 2.12. The van der Waals surface area contributed by atoms with Crippen LogP contribution in [0.3, 0.4) is 0 Å². The number of hydrogen-bond donors (Lipinski definition) is 1. The number of amides is 1. The average molecular weight is 251 g/mol. The minimum atomic E-state index is -0.525. The Morgan fingerprint density at radius 2 is 2.00 bits per heavy atom. The van der Waals surface area contributed by atoms with Crippen LogP contribution in [-0.4, -0.2) is 35.9 Å². The normalized spacial score (nSPS) is 9.94. The van der Waals surface area contributed by atoms with Crippen LogP contribution in [0, 0.1) is 10.1 Å². The van der Waals surface area contributed by atoms with Gasteiger partial charge in [0.2, 0.25) is 0 Å². The molecule has 0 aliphatic carbocycles. The van der Waals surface area contributed by atoms with Gasteiger partial charge < -0.3 is 10.2 Å². The minimum absolute atomic E-state index is 0.121. The first-order valence-electron chi connectivity index (χ1n) is 5.81. The molecule has 0 fully saturated rings. The molecule has 18 heavy (non-hydrogen) atoms. The number of nitro benzene ring substituents is 1. The number of carbonyl (C=O) groups is 1. The third kappa shape index (κ3) is 2.58. The fourth-order valence-corrected chi connectivity index (χ4v) is 1.80. The number of rotatable bonds is 5. The first-order valence-corrected chi connectivity index (χ1v) is 5.81. The number of carbonyl (C=O) groups excluding carboxylic acids is 1. The summed E-state index contributed by atoms with van der Waals surface area (Å²) in [5.74, 6) is -0.316. The molecule has 6 heteroatoms. The highest BCUT2D eigenvalue weighted by Crippen LogP contribution is 2.29. The van der Waals surface area contributed by atoms with Crippen molar-refractivity contribution in [2.24, 2.45) is 0 Å². The lowest BCUT2D eigenvalue weighted by atomic mass is 10.1. The molecule has 0 spiro atoms. The SMILES string of the molecule is CCN(CC)C(=O)c1cccc(NC)c1[N+](=O)[O-]. The highest BCUT2D eigenvalue weighted by atomic mass is 16.6. The Hall–Kier alpha value is -2.11. The van der Waals surface area contributed by atoms with Gasteiger partial charge in [-0.3, -0.25) is 14.9 Å². The van der Waals surface area contributed by atoms with E-state index in [-0.39, 0.29) is 17.2 Å². The highest BCUT2D eigenvalue weighted by molar-refractivity contribution is 6.00. The number of benzene rings is 1. The molecule has 0 aliphatic rings. The van der Waals surface area contributed by atoms with Crippen molar-refractivity contribution in [1.82, 2.24) is 4.90 Å². The molecule has 1 amide bonds. The first kappa shape index (κ1) is 14.0. The van der Waals surface area contributed by atoms with Crippen LogP contribution in [0.2, 0.25) is 0 Å². The quantitative estimate of drug-likeness (QED) is 0.642. The minimum Gasteiger partial charge on any atom is -0.383 e. The van der Waals surface area contributed by atoms with E-state index in [1.165, 1.54) is 6.07 Å². The van der Waals surface area contributed by atoms with Gasteiger partial charge in [0.15, 0.2) is 0 Å². The Morgan fingerprint density at radius 1 is 1.39 bits per heavy atom. The summed E-state index contributed by atoms with van der Waals surface area (Å²) in [6, 6.07) is 4.70. The van der Waals surface area contributed by atoms with Crippen LogP contribution in [0.25, 0.3) is 0 Å². The molecular weight excluding hydrogens is 234 g/mol. The fourth-order valence-electron chi connectivity index (χ4n) is 1.80. The van der Waals surface area contributed by atoms with E-state index in [0.717, 1.165) is 0 Å². The van der Waals surface area contributed by atoms with Gasteiger partial charge in [-0.25, -0.2) is 0 Å². The van der Waals surface area contributed by atoms with Crippen molar-refractivity contribution in [1.29, 1.82) is 0 Å². The summed E-state index contributed by atoms with van der Waals surface area (Å²) >= 11 is 0. The van der Waals surface area contributed by atoms with E-state index in [4.69, 9.17) is 0 Å². The lowest BCUT2D eigenvalue weighted by Gasteiger charge is -2.19. The molecule has 0 bridgehead atoms. The Balaban J connectivity index is 3.31. The zero-order chi connectivity index (χ0) is 13.7. The molecule has 0 unspecified atom stereocenters. The molecule has 98 valence electrons. The van der Waals surface area contributed by atoms with Gasteiger partial charge in [-0.1, -0.05) is 6.07 Å². The molecule has 0 heterocycles. The van der Waals surface area contributed by atoms with Crippen molar-refractivity contribution >= 4 is 17.3 Å². The zero-order valence-electron chi connectivity index (χ0n) is 10.8. The van der Waals surface area contributed by atoms with E-state index >= 15 is 0 Å². The summed E-state index contributed by atoms with van der Waals surface area (Å²) in [6.07, 6.45) is 0. The van der Waals surface area contributed by atoms with Crippen LogP contribution in [0.5, 0.6) is 0 Å². The molecule has 0 atom stereocenters. The second-order valence-corrected chi connectivity index (χ2v) is 3.69. The Kier molecular flexibility index (Phi) is 4.65. The van der Waals surface area contributed by atoms with Gasteiger partial charge in [-0.05, 0) is 26.0 Å². The first-order chi connectivity index (χ1) is 8.56. The Bertz CT molecular complexity index is 456. The van der Waals surface area contributed by atoms with E-state index in [2.05, 4.69) is 5.32 Å². The van der Waals surface area contributed by atoms with Gasteiger partial charge in [0.05, 0.1) is 4.92 Å². The number of nitrogens with one attached hydrogen (secondary N) is 1. The van der Waals surface area contributed by atoms with Gasteiger partial charge >= 0.3 is 5.69 Å². The van der Waals surface area contributed by atoms with Crippen LogP contribution in [0.15, 0.2) is 18.2 Å². The molecule has 1 aromatic carbocycles. The van der Waals surface area contributed by atoms with E-state index in [9.17, 15) is 14.9 Å². The molecule has 0 aromatic heterocycles. The summed E-state index contributed by atoms with van der Waals surface area (Å²) in [4.78, 5) is 24.3. The van der Waals surface area contributed by atoms with Crippen molar-refractivity contribution in [2.45, 2.75) is 13.8 Å². The van der Waals surface area contributed by atoms with Gasteiger partial charge in [0, 0.05) is 20.1 Å². The number of nitrogens with zero attached hydrogens (tertiary/aromatic N) is 2. The topological polar surface area (TPSA) is 75.5 Å². The third-order valence-electron chi connectivity index (χ3n) is 2.77. The molecule has 1 aromatic rings. The van der Waals surface area contributed by atoms with Crippen LogP contribution >= 0.6 is 0 Å². The monoisotopic (exact) mass is 251 g/mol. The van der Waals surface area contributed by atoms with E-state index in [0.29, 0.717) is 18.8 Å². The van der Waals surface area contributed by atoms with Gasteiger partial charge in [0.1, 0.15) is 11.3 Å². The van der Waals surface area contributed by atoms with Crippen molar-refractivity contribution in [3.05, 3.63) is 33.9 Å². The van der Waals surface area contributed by atoms with Crippen molar-refractivity contribution in [3.8, 4) is 0 Å². The largest absolute Gasteiger partial charge is 0.383 e. The van der Waals surface area contributed by atoms with Crippen LogP contribution < -0.4 is 5.32 Å². The van der Waals surface area contributed by atoms with Gasteiger partial charge in [0.25, 0.3) is 5.91 Å². The third-order valence-corrected chi connectivity index (χ3v) is 2.77.